The third-order valence-corrected chi connectivity index (χ3v) is 4.17. The molecular weight excluding hydrogens is 300 g/mol. The number of nitrogens with one attached hydrogen (secondary N) is 2. The summed E-state index contributed by atoms with van der Waals surface area (Å²) in [4.78, 5) is 15.3. The maximum atomic E-state index is 12.0. The Morgan fingerprint density at radius 2 is 2.00 bits per heavy atom. The molecule has 1 heterocycles. The smallest absolute Gasteiger partial charge is 0.220 e. The fraction of sp³-hybridized carbons (Fsp3) is 0.250. The van der Waals surface area contributed by atoms with Crippen LogP contribution in [0.3, 0.4) is 0 Å². The summed E-state index contributed by atoms with van der Waals surface area (Å²) < 4.78 is 5.21. The fourth-order valence-corrected chi connectivity index (χ4v) is 2.85. The highest BCUT2D eigenvalue weighted by atomic mass is 16.5. The Bertz CT molecular complexity index is 823. The first-order valence-electron chi connectivity index (χ1n) is 8.21. The minimum Gasteiger partial charge on any atom is -0.497 e. The monoisotopic (exact) mass is 322 g/mol. The zero-order valence-electron chi connectivity index (χ0n) is 13.8. The summed E-state index contributed by atoms with van der Waals surface area (Å²) in [5.41, 5.74) is 3.46. The maximum absolute atomic E-state index is 12.0. The topological polar surface area (TPSA) is 54.1 Å². The van der Waals surface area contributed by atoms with Crippen LogP contribution in [0.5, 0.6) is 5.75 Å². The Morgan fingerprint density at radius 1 is 1.12 bits per heavy atom. The molecular formula is C20H22N2O2. The van der Waals surface area contributed by atoms with Gasteiger partial charge >= 0.3 is 0 Å². The average Bonchev–Trinajstić information content (AvgIpc) is 3.03. The minimum absolute atomic E-state index is 0.0863. The van der Waals surface area contributed by atoms with Crippen LogP contribution in [0.4, 0.5) is 0 Å². The Balaban J connectivity index is 1.46. The summed E-state index contributed by atoms with van der Waals surface area (Å²) in [6, 6.07) is 16.1. The van der Waals surface area contributed by atoms with E-state index in [-0.39, 0.29) is 5.91 Å². The molecule has 0 saturated carbocycles. The minimum atomic E-state index is 0.0863. The van der Waals surface area contributed by atoms with Gasteiger partial charge in [0.2, 0.25) is 5.91 Å². The van der Waals surface area contributed by atoms with Crippen molar-refractivity contribution in [1.82, 2.24) is 10.3 Å². The lowest BCUT2D eigenvalue weighted by Crippen LogP contribution is -2.25. The number of para-hydroxylation sites is 1. The molecule has 1 aromatic heterocycles. The first kappa shape index (κ1) is 16.1. The quantitative estimate of drug-likeness (QED) is 0.700. The number of aryl methyl sites for hydroxylation is 1. The molecule has 124 valence electrons. The Hall–Kier alpha value is -2.75. The second kappa shape index (κ2) is 7.68. The van der Waals surface area contributed by atoms with Crippen molar-refractivity contribution in [3.05, 3.63) is 65.9 Å². The van der Waals surface area contributed by atoms with Crippen molar-refractivity contribution in [2.75, 3.05) is 13.7 Å². The molecule has 3 rings (SSSR count). The van der Waals surface area contributed by atoms with Gasteiger partial charge in [-0.2, -0.15) is 0 Å². The van der Waals surface area contributed by atoms with Gasteiger partial charge in [0, 0.05) is 30.1 Å². The lowest BCUT2D eigenvalue weighted by atomic mass is 10.1. The number of ether oxygens (including phenoxy) is 1. The average molecular weight is 322 g/mol. The number of amides is 1. The second-order valence-electron chi connectivity index (χ2n) is 5.81. The van der Waals surface area contributed by atoms with E-state index >= 15 is 0 Å². The molecule has 24 heavy (non-hydrogen) atoms. The third kappa shape index (κ3) is 3.96. The summed E-state index contributed by atoms with van der Waals surface area (Å²) in [5.74, 6) is 0.932. The van der Waals surface area contributed by atoms with Gasteiger partial charge in [-0.3, -0.25) is 4.79 Å². The first-order valence-corrected chi connectivity index (χ1v) is 8.21. The highest BCUT2D eigenvalue weighted by Gasteiger charge is 2.06. The van der Waals surface area contributed by atoms with Gasteiger partial charge in [-0.05, 0) is 42.2 Å². The van der Waals surface area contributed by atoms with E-state index in [4.69, 9.17) is 4.74 Å². The lowest BCUT2D eigenvalue weighted by Gasteiger charge is -2.07. The summed E-state index contributed by atoms with van der Waals surface area (Å²) in [6.07, 6.45) is 4.04. The van der Waals surface area contributed by atoms with E-state index in [1.165, 1.54) is 10.9 Å². The summed E-state index contributed by atoms with van der Waals surface area (Å²) in [6.45, 7) is 0.639. The van der Waals surface area contributed by atoms with Crippen LogP contribution in [-0.2, 0) is 17.6 Å². The van der Waals surface area contributed by atoms with E-state index in [1.807, 2.05) is 48.7 Å². The number of hydrogen-bond acceptors (Lipinski definition) is 2. The van der Waals surface area contributed by atoms with Gasteiger partial charge in [-0.1, -0.05) is 30.3 Å². The molecule has 0 radical (unpaired) electrons. The van der Waals surface area contributed by atoms with Crippen molar-refractivity contribution in [3.8, 4) is 5.75 Å². The van der Waals surface area contributed by atoms with Crippen molar-refractivity contribution in [2.45, 2.75) is 19.3 Å². The van der Waals surface area contributed by atoms with E-state index in [1.54, 1.807) is 7.11 Å². The Labute approximate surface area is 141 Å². The number of rotatable bonds is 7. The molecule has 0 aliphatic rings. The van der Waals surface area contributed by atoms with Crippen LogP contribution >= 0.6 is 0 Å². The van der Waals surface area contributed by atoms with Gasteiger partial charge in [-0.25, -0.2) is 0 Å². The van der Waals surface area contributed by atoms with E-state index in [0.717, 1.165) is 29.7 Å². The van der Waals surface area contributed by atoms with Crippen LogP contribution in [0.15, 0.2) is 54.7 Å². The largest absolute Gasteiger partial charge is 0.497 e. The third-order valence-electron chi connectivity index (χ3n) is 4.17. The van der Waals surface area contributed by atoms with E-state index in [0.29, 0.717) is 13.0 Å². The van der Waals surface area contributed by atoms with Crippen LogP contribution in [0.1, 0.15) is 17.5 Å². The van der Waals surface area contributed by atoms with Crippen molar-refractivity contribution < 1.29 is 9.53 Å². The first-order chi connectivity index (χ1) is 11.8. The molecule has 4 nitrogen and oxygen atoms in total. The van der Waals surface area contributed by atoms with Crippen molar-refractivity contribution >= 4 is 16.8 Å². The zero-order valence-corrected chi connectivity index (χ0v) is 13.8. The number of benzene rings is 2. The maximum Gasteiger partial charge on any atom is 0.220 e. The molecule has 0 bridgehead atoms. The van der Waals surface area contributed by atoms with Crippen LogP contribution in [0.25, 0.3) is 10.9 Å². The lowest BCUT2D eigenvalue weighted by molar-refractivity contribution is -0.121. The highest BCUT2D eigenvalue weighted by molar-refractivity contribution is 5.84. The summed E-state index contributed by atoms with van der Waals surface area (Å²) in [7, 11) is 1.66. The zero-order chi connectivity index (χ0) is 16.8. The number of hydrogen-bond donors (Lipinski definition) is 2. The van der Waals surface area contributed by atoms with E-state index in [9.17, 15) is 4.79 Å². The van der Waals surface area contributed by atoms with Crippen LogP contribution in [0.2, 0.25) is 0 Å². The molecule has 3 aromatic rings. The van der Waals surface area contributed by atoms with Gasteiger partial charge in [0.1, 0.15) is 5.75 Å². The molecule has 2 aromatic carbocycles. The van der Waals surface area contributed by atoms with Crippen molar-refractivity contribution in [3.63, 3.8) is 0 Å². The number of H-pyrrole nitrogens is 1. The van der Waals surface area contributed by atoms with E-state index < -0.39 is 0 Å². The van der Waals surface area contributed by atoms with E-state index in [2.05, 4.69) is 16.4 Å². The Morgan fingerprint density at radius 3 is 2.88 bits per heavy atom. The van der Waals surface area contributed by atoms with Crippen molar-refractivity contribution in [1.29, 1.82) is 0 Å². The van der Waals surface area contributed by atoms with Gasteiger partial charge in [0.25, 0.3) is 0 Å². The van der Waals surface area contributed by atoms with Crippen LogP contribution in [-0.4, -0.2) is 24.5 Å². The second-order valence-corrected chi connectivity index (χ2v) is 5.81. The number of carbonyl (C=O) groups excluding carboxylic acids is 1. The molecule has 2 N–H and O–H groups in total. The number of carbonyl (C=O) groups is 1. The molecule has 0 aliphatic carbocycles. The molecule has 0 spiro atoms. The van der Waals surface area contributed by atoms with Gasteiger partial charge in [0.05, 0.1) is 7.11 Å². The normalized spacial score (nSPS) is 10.7. The number of aromatic amines is 1. The molecule has 0 saturated heterocycles. The molecule has 0 unspecified atom stereocenters. The molecule has 0 fully saturated rings. The number of fused-ring (bicyclic) bond motifs is 1. The summed E-state index contributed by atoms with van der Waals surface area (Å²) in [5, 5.41) is 4.19. The van der Waals surface area contributed by atoms with Gasteiger partial charge < -0.3 is 15.0 Å². The molecule has 0 aliphatic heterocycles. The highest BCUT2D eigenvalue weighted by Crippen LogP contribution is 2.18. The number of methoxy groups -OCH3 is 1. The molecule has 1 amide bonds. The Kier molecular flexibility index (Phi) is 5.16. The molecule has 4 heteroatoms. The fourth-order valence-electron chi connectivity index (χ4n) is 2.85. The predicted octanol–water partition coefficient (Wildman–Crippen LogP) is 3.47. The van der Waals surface area contributed by atoms with Crippen LogP contribution in [0, 0.1) is 0 Å². The SMILES string of the molecule is COc1cccc(CCNC(=O)CCc2c[nH]c3ccccc23)c1. The van der Waals surface area contributed by atoms with Crippen molar-refractivity contribution in [2.24, 2.45) is 0 Å². The molecule has 0 atom stereocenters. The number of aromatic nitrogens is 1. The summed E-state index contributed by atoms with van der Waals surface area (Å²) >= 11 is 0. The van der Waals surface area contributed by atoms with Gasteiger partial charge in [-0.15, -0.1) is 0 Å². The van der Waals surface area contributed by atoms with Crippen LogP contribution < -0.4 is 10.1 Å². The standard InChI is InChI=1S/C20H22N2O2/c1-24-17-6-4-5-15(13-17)11-12-21-20(23)10-9-16-14-22-19-8-3-2-7-18(16)19/h2-8,13-14,22H,9-12H2,1H3,(H,21,23). The van der Waals surface area contributed by atoms with Gasteiger partial charge in [0.15, 0.2) is 0 Å². The predicted molar refractivity (Wildman–Crippen MR) is 96.3 cm³/mol.